The van der Waals surface area contributed by atoms with Gasteiger partial charge < -0.3 is 43.8 Å². The Morgan fingerprint density at radius 1 is 0.469 bits per heavy atom. The Balaban J connectivity index is 0.833. The molecule has 4 rings (SSSR count). The molecule has 0 aromatic heterocycles. The number of alkyl carbamates (subject to hydrolysis) is 2. The van der Waals surface area contributed by atoms with Gasteiger partial charge in [-0.15, -0.1) is 23.7 Å². The number of carbonyl (C=O) groups is 4. The summed E-state index contributed by atoms with van der Waals surface area (Å²) in [7, 11) is 0. The fraction of sp³-hybridized carbons (Fsp3) is 0.778. The lowest BCUT2D eigenvalue weighted by Crippen LogP contribution is -2.28. The molecule has 4 aliphatic carbocycles. The zero-order valence-electron chi connectivity index (χ0n) is 28.5. The Hall–Kier alpha value is -3.52. The zero-order chi connectivity index (χ0) is 34.5. The van der Waals surface area contributed by atoms with E-state index in [-0.39, 0.29) is 52.4 Å². The van der Waals surface area contributed by atoms with Crippen LogP contribution in [0.1, 0.15) is 64.2 Å². The molecule has 2 saturated carbocycles. The summed E-state index contributed by atoms with van der Waals surface area (Å²) >= 11 is 0. The lowest BCUT2D eigenvalue weighted by Gasteiger charge is -2.09. The molecule has 13 nitrogen and oxygen atoms in total. The van der Waals surface area contributed by atoms with E-state index < -0.39 is 24.1 Å². The molecule has 0 saturated heterocycles. The first-order chi connectivity index (χ1) is 24.0. The summed E-state index contributed by atoms with van der Waals surface area (Å²) < 4.78 is 37.0. The quantitative estimate of drug-likeness (QED) is 0.0745. The van der Waals surface area contributed by atoms with Crippen LogP contribution in [0, 0.1) is 59.2 Å². The molecule has 2 amide bonds. The molecule has 3 unspecified atom stereocenters. The van der Waals surface area contributed by atoms with Gasteiger partial charge in [0, 0.05) is 38.8 Å². The number of nitrogens with one attached hydrogen (secondary N) is 2. The van der Waals surface area contributed by atoms with Crippen LogP contribution >= 0.6 is 0 Å². The molecule has 2 fully saturated rings. The van der Waals surface area contributed by atoms with Crippen molar-refractivity contribution in [1.29, 1.82) is 0 Å². The third kappa shape index (κ3) is 15.3. The van der Waals surface area contributed by atoms with Gasteiger partial charge >= 0.3 is 24.1 Å². The van der Waals surface area contributed by atoms with Gasteiger partial charge in [0.25, 0.3) is 0 Å². The second-order valence-electron chi connectivity index (χ2n) is 12.7. The second-order valence-corrected chi connectivity index (χ2v) is 12.7. The van der Waals surface area contributed by atoms with Crippen molar-refractivity contribution in [2.45, 2.75) is 64.2 Å². The summed E-state index contributed by atoms with van der Waals surface area (Å²) in [5, 5.41) is 5.19. The minimum absolute atomic E-state index is 0.0508. The van der Waals surface area contributed by atoms with Crippen molar-refractivity contribution in [3.63, 3.8) is 0 Å². The number of hydrogen-bond donors (Lipinski definition) is 2. The summed E-state index contributed by atoms with van der Waals surface area (Å²) in [4.78, 5) is 47.6. The average Bonchev–Trinajstić information content (AvgIpc) is 3.93. The van der Waals surface area contributed by atoms with Gasteiger partial charge in [0.1, 0.15) is 13.2 Å². The van der Waals surface area contributed by atoms with Crippen molar-refractivity contribution in [2.75, 3.05) is 79.2 Å². The van der Waals surface area contributed by atoms with E-state index in [2.05, 4.69) is 34.3 Å². The predicted octanol–water partition coefficient (Wildman–Crippen LogP) is 3.23. The third-order valence-electron chi connectivity index (χ3n) is 9.41. The topological polar surface area (TPSA) is 157 Å². The molecule has 0 radical (unpaired) electrons. The van der Waals surface area contributed by atoms with Crippen LogP contribution < -0.4 is 10.6 Å². The highest BCUT2D eigenvalue weighted by Gasteiger charge is 2.50. The largest absolute Gasteiger partial charge is 0.463 e. The highest BCUT2D eigenvalue weighted by Crippen LogP contribution is 2.53. The summed E-state index contributed by atoms with van der Waals surface area (Å²) in [6, 6.07) is 0. The van der Waals surface area contributed by atoms with Crippen LogP contribution in [0.2, 0.25) is 0 Å². The molecule has 0 aromatic rings. The van der Waals surface area contributed by atoms with E-state index in [1.807, 2.05) is 0 Å². The molecule has 13 heteroatoms. The van der Waals surface area contributed by atoms with Gasteiger partial charge in [-0.25, -0.2) is 9.59 Å². The molecular weight excluding hydrogens is 636 g/mol. The van der Waals surface area contributed by atoms with Gasteiger partial charge in [-0.3, -0.25) is 9.59 Å². The van der Waals surface area contributed by atoms with Gasteiger partial charge in [-0.05, 0) is 61.2 Å². The fourth-order valence-corrected chi connectivity index (χ4v) is 6.66. The predicted molar refractivity (Wildman–Crippen MR) is 176 cm³/mol. The molecule has 2 N–H and O–H groups in total. The average molecular weight is 689 g/mol. The molecule has 5 atom stereocenters. The highest BCUT2D eigenvalue weighted by atomic mass is 16.6. The van der Waals surface area contributed by atoms with E-state index in [1.165, 1.54) is 0 Å². The Bertz CT molecular complexity index is 1060. The Kier molecular flexibility index (Phi) is 17.4. The number of carbonyl (C=O) groups excluding carboxylic acids is 4. The van der Waals surface area contributed by atoms with E-state index in [9.17, 15) is 19.2 Å². The molecule has 4 aliphatic rings. The standard InChI is InChI=1S/C36H52N2O11/c39-33(13-15-37-35(41)48-25-31-27-9-5-1-2-6-10-28(27)31)46-23-21-44-19-17-43-18-20-45-22-24-47-34(40)14-16-38-36(42)49-26-32-29-11-7-3-4-8-12-30(29)32/h27-32H,5-26H2,(H,37,41)(H,38,42)/t27-,28+,29?,30?,31?,32?. The van der Waals surface area contributed by atoms with Crippen molar-refractivity contribution >= 4 is 24.1 Å². The molecule has 0 spiro atoms. The minimum Gasteiger partial charge on any atom is -0.463 e. The summed E-state index contributed by atoms with van der Waals surface area (Å²) in [6.07, 6.45) is 7.08. The molecule has 49 heavy (non-hydrogen) atoms. The monoisotopic (exact) mass is 688 g/mol. The van der Waals surface area contributed by atoms with Crippen LogP contribution in [0.25, 0.3) is 0 Å². The minimum atomic E-state index is -0.511. The zero-order valence-corrected chi connectivity index (χ0v) is 28.5. The summed E-state index contributed by atoms with van der Waals surface area (Å²) in [6.45, 7) is 3.16. The van der Waals surface area contributed by atoms with Crippen LogP contribution in [0.3, 0.4) is 0 Å². The van der Waals surface area contributed by atoms with Crippen molar-refractivity contribution < 1.29 is 52.3 Å². The van der Waals surface area contributed by atoms with E-state index in [1.54, 1.807) is 0 Å². The van der Waals surface area contributed by atoms with Crippen molar-refractivity contribution in [3.05, 3.63) is 0 Å². The highest BCUT2D eigenvalue weighted by molar-refractivity contribution is 5.72. The Morgan fingerprint density at radius 2 is 0.796 bits per heavy atom. The number of amides is 2. The van der Waals surface area contributed by atoms with E-state index in [0.29, 0.717) is 75.1 Å². The molecule has 0 aliphatic heterocycles. The van der Waals surface area contributed by atoms with Crippen molar-refractivity contribution in [1.82, 2.24) is 10.6 Å². The number of esters is 2. The maximum absolute atomic E-state index is 11.9. The first kappa shape index (κ1) is 38.3. The molecule has 0 aromatic carbocycles. The molecule has 272 valence electrons. The summed E-state index contributed by atoms with van der Waals surface area (Å²) in [5.41, 5.74) is 0. The first-order valence-electron chi connectivity index (χ1n) is 17.8. The molecule has 0 heterocycles. The lowest BCUT2D eigenvalue weighted by molar-refractivity contribution is -0.145. The first-order valence-corrected chi connectivity index (χ1v) is 17.8. The van der Waals surface area contributed by atoms with Crippen LogP contribution in [-0.2, 0) is 42.7 Å². The van der Waals surface area contributed by atoms with Gasteiger partial charge in [0.2, 0.25) is 0 Å². The Morgan fingerprint density at radius 3 is 1.14 bits per heavy atom. The number of ether oxygens (including phenoxy) is 7. The number of rotatable bonds is 22. The normalized spacial score (nSPS) is 24.6. The van der Waals surface area contributed by atoms with E-state index in [0.717, 1.165) is 51.4 Å². The maximum Gasteiger partial charge on any atom is 0.407 e. The van der Waals surface area contributed by atoms with Crippen molar-refractivity contribution in [3.8, 4) is 23.7 Å². The maximum atomic E-state index is 11.9. The number of fused-ring (bicyclic) bond motifs is 2. The summed E-state index contributed by atoms with van der Waals surface area (Å²) in [5.74, 6) is 15.1. The van der Waals surface area contributed by atoms with Crippen LogP contribution in [0.4, 0.5) is 9.59 Å². The second kappa shape index (κ2) is 22.2. The lowest BCUT2D eigenvalue weighted by atomic mass is 10.1. The Labute approximate surface area is 289 Å². The fourth-order valence-electron chi connectivity index (χ4n) is 6.66. The van der Waals surface area contributed by atoms with Crippen molar-refractivity contribution in [2.24, 2.45) is 35.5 Å². The van der Waals surface area contributed by atoms with Gasteiger partial charge in [-0.2, -0.15) is 0 Å². The van der Waals surface area contributed by atoms with Gasteiger partial charge in [0.15, 0.2) is 0 Å². The van der Waals surface area contributed by atoms with Gasteiger partial charge in [-0.1, -0.05) is 0 Å². The van der Waals surface area contributed by atoms with Crippen LogP contribution in [0.5, 0.6) is 0 Å². The molecular formula is C36H52N2O11. The third-order valence-corrected chi connectivity index (χ3v) is 9.41. The number of hydrogen-bond acceptors (Lipinski definition) is 11. The molecule has 0 bridgehead atoms. The SMILES string of the molecule is O=C(CCNC(=O)OCC1C2CCC#CCCC21)OCCOCCOCCOCCOC(=O)CCNC(=O)OCC1[C@H]2CCC#CCC[C@@H]12. The van der Waals surface area contributed by atoms with E-state index >= 15 is 0 Å². The van der Waals surface area contributed by atoms with Gasteiger partial charge in [0.05, 0.1) is 65.7 Å². The smallest absolute Gasteiger partial charge is 0.407 e. The van der Waals surface area contributed by atoms with Crippen LogP contribution in [0.15, 0.2) is 0 Å². The van der Waals surface area contributed by atoms with E-state index in [4.69, 9.17) is 33.2 Å². The van der Waals surface area contributed by atoms with Crippen LogP contribution in [-0.4, -0.2) is 103 Å².